The van der Waals surface area contributed by atoms with E-state index >= 15 is 0 Å². The number of fused-ring (bicyclic) bond motifs is 1. The molecule has 1 amide bonds. The van der Waals surface area contributed by atoms with E-state index in [1.54, 1.807) is 38.4 Å². The van der Waals surface area contributed by atoms with Gasteiger partial charge in [-0.15, -0.1) is 0 Å². The topological polar surface area (TPSA) is 65.1 Å². The second kappa shape index (κ2) is 7.76. The third kappa shape index (κ3) is 3.33. The number of rotatable bonds is 5. The van der Waals surface area contributed by atoms with Crippen LogP contribution in [-0.2, 0) is 9.53 Å². The van der Waals surface area contributed by atoms with Gasteiger partial charge < -0.3 is 19.1 Å². The summed E-state index contributed by atoms with van der Waals surface area (Å²) in [6, 6.07) is 10.9. The van der Waals surface area contributed by atoms with Crippen LogP contribution in [0.2, 0.25) is 0 Å². The molecule has 6 heteroatoms. The van der Waals surface area contributed by atoms with E-state index in [-0.39, 0.29) is 11.7 Å². The van der Waals surface area contributed by atoms with Gasteiger partial charge in [-0.25, -0.2) is 0 Å². The number of benzene rings is 2. The number of ketones is 1. The SMILES string of the molecule is CO/C(=C1\CN(C(C)=O)c2ccc(C(C)=O)cc21)c1ccc(OC)c(OC)c1. The van der Waals surface area contributed by atoms with E-state index in [9.17, 15) is 9.59 Å². The van der Waals surface area contributed by atoms with E-state index in [0.717, 1.165) is 22.4 Å². The van der Waals surface area contributed by atoms with Crippen molar-refractivity contribution in [1.29, 1.82) is 0 Å². The summed E-state index contributed by atoms with van der Waals surface area (Å²) in [4.78, 5) is 25.7. The Hall–Kier alpha value is -3.28. The highest BCUT2D eigenvalue weighted by molar-refractivity contribution is 6.08. The van der Waals surface area contributed by atoms with Gasteiger partial charge in [0.1, 0.15) is 5.76 Å². The Morgan fingerprint density at radius 2 is 1.57 bits per heavy atom. The lowest BCUT2D eigenvalue weighted by atomic mass is 9.99. The van der Waals surface area contributed by atoms with E-state index < -0.39 is 0 Å². The van der Waals surface area contributed by atoms with Crippen molar-refractivity contribution in [2.75, 3.05) is 32.8 Å². The summed E-state index contributed by atoms with van der Waals surface area (Å²) in [6.07, 6.45) is 0. The first-order valence-electron chi connectivity index (χ1n) is 8.84. The molecule has 0 aliphatic carbocycles. The lowest BCUT2D eigenvalue weighted by Crippen LogP contribution is -2.25. The Morgan fingerprint density at radius 1 is 0.893 bits per heavy atom. The van der Waals surface area contributed by atoms with Gasteiger partial charge in [0.2, 0.25) is 5.91 Å². The molecule has 0 saturated carbocycles. The molecule has 2 aromatic rings. The second-order valence-electron chi connectivity index (χ2n) is 6.47. The molecular formula is C22H23NO5. The maximum Gasteiger partial charge on any atom is 0.224 e. The molecule has 1 aliphatic rings. The van der Waals surface area contributed by atoms with Crippen molar-refractivity contribution >= 4 is 28.7 Å². The number of carbonyl (C=O) groups is 2. The molecule has 0 aromatic heterocycles. The molecule has 0 bridgehead atoms. The second-order valence-corrected chi connectivity index (χ2v) is 6.47. The predicted molar refractivity (Wildman–Crippen MR) is 108 cm³/mol. The summed E-state index contributed by atoms with van der Waals surface area (Å²) in [5, 5.41) is 0. The first-order valence-corrected chi connectivity index (χ1v) is 8.84. The number of hydrogen-bond acceptors (Lipinski definition) is 5. The summed E-state index contributed by atoms with van der Waals surface area (Å²) < 4.78 is 16.4. The number of carbonyl (C=O) groups excluding carboxylic acids is 2. The lowest BCUT2D eigenvalue weighted by Gasteiger charge is -2.15. The highest BCUT2D eigenvalue weighted by atomic mass is 16.5. The first kappa shape index (κ1) is 19.5. The van der Waals surface area contributed by atoms with E-state index in [1.165, 1.54) is 13.8 Å². The zero-order valence-corrected chi connectivity index (χ0v) is 16.7. The third-order valence-electron chi connectivity index (χ3n) is 4.84. The minimum absolute atomic E-state index is 0.0338. The van der Waals surface area contributed by atoms with E-state index in [1.807, 2.05) is 24.3 Å². The van der Waals surface area contributed by atoms with Gasteiger partial charge in [0, 0.05) is 29.2 Å². The van der Waals surface area contributed by atoms with Crippen molar-refractivity contribution in [3.63, 3.8) is 0 Å². The molecule has 0 atom stereocenters. The van der Waals surface area contributed by atoms with Gasteiger partial charge in [0.15, 0.2) is 17.3 Å². The van der Waals surface area contributed by atoms with Crippen LogP contribution in [0, 0.1) is 0 Å². The fourth-order valence-electron chi connectivity index (χ4n) is 3.43. The molecule has 6 nitrogen and oxygen atoms in total. The Labute approximate surface area is 164 Å². The summed E-state index contributed by atoms with van der Waals surface area (Å²) in [5.41, 5.74) is 3.80. The Bertz CT molecular complexity index is 977. The van der Waals surface area contributed by atoms with Crippen LogP contribution < -0.4 is 14.4 Å². The number of amides is 1. The van der Waals surface area contributed by atoms with Crippen molar-refractivity contribution in [1.82, 2.24) is 0 Å². The Kier molecular flexibility index (Phi) is 5.40. The van der Waals surface area contributed by atoms with Crippen molar-refractivity contribution < 1.29 is 23.8 Å². The van der Waals surface area contributed by atoms with Crippen LogP contribution >= 0.6 is 0 Å². The zero-order valence-electron chi connectivity index (χ0n) is 16.7. The monoisotopic (exact) mass is 381 g/mol. The van der Waals surface area contributed by atoms with Gasteiger partial charge in [-0.1, -0.05) is 0 Å². The molecule has 0 saturated heterocycles. The van der Waals surface area contributed by atoms with Gasteiger partial charge in [-0.3, -0.25) is 9.59 Å². The smallest absolute Gasteiger partial charge is 0.224 e. The summed E-state index contributed by atoms with van der Waals surface area (Å²) >= 11 is 0. The van der Waals surface area contributed by atoms with Gasteiger partial charge in [0.25, 0.3) is 0 Å². The average Bonchev–Trinajstić information content (AvgIpc) is 3.07. The Morgan fingerprint density at radius 3 is 2.14 bits per heavy atom. The molecule has 0 radical (unpaired) electrons. The number of Topliss-reactive ketones (excluding diaryl/α,β-unsaturated/α-hetero) is 1. The molecule has 146 valence electrons. The van der Waals surface area contributed by atoms with Crippen LogP contribution in [0.25, 0.3) is 11.3 Å². The van der Waals surface area contributed by atoms with E-state index in [2.05, 4.69) is 0 Å². The largest absolute Gasteiger partial charge is 0.496 e. The van der Waals surface area contributed by atoms with Crippen molar-refractivity contribution in [2.24, 2.45) is 0 Å². The number of anilines is 1. The van der Waals surface area contributed by atoms with Crippen molar-refractivity contribution in [2.45, 2.75) is 13.8 Å². The standard InChI is InChI=1S/C22H23NO5/c1-13(24)15-6-8-19-17(10-15)18(12-23(19)14(2)25)22(28-5)16-7-9-20(26-3)21(11-16)27-4/h6-11H,12H2,1-5H3/b22-18+. The summed E-state index contributed by atoms with van der Waals surface area (Å²) in [7, 11) is 4.74. The minimum Gasteiger partial charge on any atom is -0.496 e. The van der Waals surface area contributed by atoms with Crippen LogP contribution in [0.4, 0.5) is 5.69 Å². The summed E-state index contributed by atoms with van der Waals surface area (Å²) in [5.74, 6) is 1.70. The number of hydrogen-bond donors (Lipinski definition) is 0. The quantitative estimate of drug-likeness (QED) is 0.582. The van der Waals surface area contributed by atoms with Crippen LogP contribution in [0.1, 0.15) is 35.3 Å². The number of methoxy groups -OCH3 is 3. The maximum absolute atomic E-state index is 12.2. The maximum atomic E-state index is 12.2. The van der Waals surface area contributed by atoms with Crippen LogP contribution in [0.15, 0.2) is 36.4 Å². The molecule has 0 spiro atoms. The highest BCUT2D eigenvalue weighted by Gasteiger charge is 2.30. The Balaban J connectivity index is 2.22. The van der Waals surface area contributed by atoms with Crippen LogP contribution in [-0.4, -0.2) is 39.6 Å². The number of ether oxygens (including phenoxy) is 3. The first-order chi connectivity index (χ1) is 13.4. The van der Waals surface area contributed by atoms with Gasteiger partial charge in [0.05, 0.1) is 33.6 Å². The molecule has 1 aliphatic heterocycles. The average molecular weight is 381 g/mol. The molecule has 2 aromatic carbocycles. The molecule has 1 heterocycles. The fourth-order valence-corrected chi connectivity index (χ4v) is 3.43. The molecule has 0 unspecified atom stereocenters. The molecule has 0 N–H and O–H groups in total. The van der Waals surface area contributed by atoms with Crippen molar-refractivity contribution in [3.8, 4) is 11.5 Å². The third-order valence-corrected chi connectivity index (χ3v) is 4.84. The highest BCUT2D eigenvalue weighted by Crippen LogP contribution is 2.42. The van der Waals surface area contributed by atoms with Crippen LogP contribution in [0.5, 0.6) is 11.5 Å². The van der Waals surface area contributed by atoms with E-state index in [4.69, 9.17) is 14.2 Å². The van der Waals surface area contributed by atoms with Gasteiger partial charge in [-0.2, -0.15) is 0 Å². The minimum atomic E-state index is -0.0745. The lowest BCUT2D eigenvalue weighted by molar-refractivity contribution is -0.116. The zero-order chi connectivity index (χ0) is 20.4. The van der Waals surface area contributed by atoms with Gasteiger partial charge in [-0.05, 0) is 43.3 Å². The molecule has 3 rings (SSSR count). The number of nitrogens with zero attached hydrogens (tertiary/aromatic N) is 1. The van der Waals surface area contributed by atoms with Gasteiger partial charge >= 0.3 is 0 Å². The molecule has 28 heavy (non-hydrogen) atoms. The predicted octanol–water partition coefficient (Wildman–Crippen LogP) is 3.79. The van der Waals surface area contributed by atoms with Crippen LogP contribution in [0.3, 0.4) is 0 Å². The molecular weight excluding hydrogens is 358 g/mol. The molecule has 0 fully saturated rings. The van der Waals surface area contributed by atoms with E-state index in [0.29, 0.717) is 29.4 Å². The fraction of sp³-hybridized carbons (Fsp3) is 0.273. The normalized spacial score (nSPS) is 14.4. The summed E-state index contributed by atoms with van der Waals surface area (Å²) in [6.45, 7) is 3.41. The van der Waals surface area contributed by atoms with Crippen molar-refractivity contribution in [3.05, 3.63) is 53.1 Å².